The molecule has 0 saturated heterocycles. The normalized spacial score (nSPS) is 11.4. The number of pyridine rings is 1. The molecule has 164 valence electrons. The molecule has 2 aromatic heterocycles. The van der Waals surface area contributed by atoms with Gasteiger partial charge in [0.05, 0.1) is 23.6 Å². The minimum Gasteiger partial charge on any atom is -0.496 e. The summed E-state index contributed by atoms with van der Waals surface area (Å²) in [6.07, 6.45) is 4.37. The van der Waals surface area contributed by atoms with Crippen LogP contribution < -0.4 is 9.64 Å². The molecule has 0 unspecified atom stereocenters. The summed E-state index contributed by atoms with van der Waals surface area (Å²) in [4.78, 5) is 16.8. The van der Waals surface area contributed by atoms with Gasteiger partial charge < -0.3 is 9.64 Å². The van der Waals surface area contributed by atoms with Crippen LogP contribution in [0.15, 0.2) is 78.1 Å². The first kappa shape index (κ1) is 21.3. The van der Waals surface area contributed by atoms with Crippen molar-refractivity contribution in [3.8, 4) is 5.75 Å². The summed E-state index contributed by atoms with van der Waals surface area (Å²) < 4.78 is 32.8. The molecule has 0 spiro atoms. The van der Waals surface area contributed by atoms with Gasteiger partial charge in [0, 0.05) is 37.6 Å². The van der Waals surface area contributed by atoms with Gasteiger partial charge in [-0.2, -0.15) is 0 Å². The van der Waals surface area contributed by atoms with Crippen LogP contribution >= 0.6 is 0 Å². The summed E-state index contributed by atoms with van der Waals surface area (Å²) in [6, 6.07) is 14.8. The fourth-order valence-electron chi connectivity index (χ4n) is 3.60. The Kier molecular flexibility index (Phi) is 5.54. The Morgan fingerprint density at radius 2 is 1.94 bits per heavy atom. The fourth-order valence-corrected chi connectivity index (χ4v) is 4.95. The predicted octanol–water partition coefficient (Wildman–Crippen LogP) is 3.83. The summed E-state index contributed by atoms with van der Waals surface area (Å²) in [5, 5.41) is 12.3. The maximum atomic E-state index is 13.2. The van der Waals surface area contributed by atoms with Gasteiger partial charge in [-0.15, -0.1) is 0 Å². The molecule has 0 bridgehead atoms. The average molecular weight is 452 g/mol. The molecule has 0 N–H and O–H groups in total. The Labute approximate surface area is 184 Å². The monoisotopic (exact) mass is 452 g/mol. The summed E-state index contributed by atoms with van der Waals surface area (Å²) in [7, 11) is -0.702. The molecule has 0 atom stereocenters. The van der Waals surface area contributed by atoms with E-state index in [4.69, 9.17) is 4.74 Å². The van der Waals surface area contributed by atoms with E-state index in [0.717, 1.165) is 5.39 Å². The molecule has 4 rings (SSSR count). The van der Waals surface area contributed by atoms with Crippen LogP contribution in [0.5, 0.6) is 5.75 Å². The van der Waals surface area contributed by atoms with E-state index >= 15 is 0 Å². The van der Waals surface area contributed by atoms with Crippen molar-refractivity contribution in [1.29, 1.82) is 0 Å². The van der Waals surface area contributed by atoms with Crippen molar-refractivity contribution in [3.05, 3.63) is 88.9 Å². The van der Waals surface area contributed by atoms with E-state index in [1.54, 1.807) is 48.5 Å². The van der Waals surface area contributed by atoms with Crippen molar-refractivity contribution in [3.63, 3.8) is 0 Å². The number of anilines is 1. The zero-order valence-electron chi connectivity index (χ0n) is 17.4. The zero-order valence-corrected chi connectivity index (χ0v) is 18.2. The van der Waals surface area contributed by atoms with Crippen molar-refractivity contribution in [2.24, 2.45) is 0 Å². The van der Waals surface area contributed by atoms with Crippen LogP contribution in [0.4, 0.5) is 11.4 Å². The number of nitro benzene ring substituents is 1. The molecule has 4 aromatic rings. The van der Waals surface area contributed by atoms with E-state index in [2.05, 4.69) is 4.98 Å². The highest BCUT2D eigenvalue weighted by Crippen LogP contribution is 2.33. The van der Waals surface area contributed by atoms with Gasteiger partial charge in [0.1, 0.15) is 16.3 Å². The number of hydrogen-bond acceptors (Lipinski definition) is 7. The maximum Gasteiger partial charge on any atom is 0.296 e. The number of nitrogens with zero attached hydrogens (tertiary/aromatic N) is 4. The Hall–Kier alpha value is -3.92. The van der Waals surface area contributed by atoms with Gasteiger partial charge in [-0.1, -0.05) is 18.2 Å². The highest BCUT2D eigenvalue weighted by molar-refractivity contribution is 7.90. The molecule has 0 radical (unpaired) electrons. The lowest BCUT2D eigenvalue weighted by Crippen LogP contribution is -2.18. The van der Waals surface area contributed by atoms with Gasteiger partial charge in [0.15, 0.2) is 0 Å². The topological polar surface area (TPSA) is 108 Å². The number of aromatic nitrogens is 2. The average Bonchev–Trinajstić information content (AvgIpc) is 3.18. The van der Waals surface area contributed by atoms with Crippen LogP contribution in [0.25, 0.3) is 10.9 Å². The molecule has 0 aliphatic heterocycles. The fraction of sp³-hybridized carbons (Fsp3) is 0.136. The molecular weight excluding hydrogens is 432 g/mol. The second-order valence-electron chi connectivity index (χ2n) is 7.13. The maximum absolute atomic E-state index is 13.2. The molecule has 0 aliphatic rings. The van der Waals surface area contributed by atoms with Crippen molar-refractivity contribution in [2.45, 2.75) is 11.4 Å². The van der Waals surface area contributed by atoms with Gasteiger partial charge in [0.2, 0.25) is 0 Å². The van der Waals surface area contributed by atoms with E-state index in [9.17, 15) is 18.5 Å². The quantitative estimate of drug-likeness (QED) is 0.310. The van der Waals surface area contributed by atoms with Crippen LogP contribution in [0.1, 0.15) is 5.56 Å². The molecule has 9 nitrogen and oxygen atoms in total. The van der Waals surface area contributed by atoms with Gasteiger partial charge in [-0.3, -0.25) is 15.1 Å². The Balaban J connectivity index is 1.78. The van der Waals surface area contributed by atoms with Crippen molar-refractivity contribution in [1.82, 2.24) is 8.96 Å². The minimum absolute atomic E-state index is 0.0754. The second-order valence-corrected chi connectivity index (χ2v) is 8.94. The minimum atomic E-state index is -3.86. The Bertz CT molecular complexity index is 1400. The van der Waals surface area contributed by atoms with Gasteiger partial charge in [-0.25, -0.2) is 12.4 Å². The number of methoxy groups -OCH3 is 1. The highest BCUT2D eigenvalue weighted by atomic mass is 32.2. The highest BCUT2D eigenvalue weighted by Gasteiger charge is 2.23. The van der Waals surface area contributed by atoms with E-state index in [-0.39, 0.29) is 17.1 Å². The number of nitro groups is 1. The number of benzene rings is 2. The second kappa shape index (κ2) is 8.31. The van der Waals surface area contributed by atoms with Crippen LogP contribution in [0.3, 0.4) is 0 Å². The number of para-hydroxylation sites is 1. The standard InChI is InChI=1S/C22H20N4O5S/c1-24(21-10-9-17(31-2)12-22(21)26(27)28)14-16-15-25(20-8-4-3-7-19(16)20)32(29,30)18-6-5-11-23-13-18/h3-13,15H,14H2,1-2H3. The zero-order chi connectivity index (χ0) is 22.9. The first-order valence-corrected chi connectivity index (χ1v) is 11.0. The lowest BCUT2D eigenvalue weighted by molar-refractivity contribution is -0.384. The first-order valence-electron chi connectivity index (χ1n) is 9.61. The van der Waals surface area contributed by atoms with Gasteiger partial charge >= 0.3 is 0 Å². The molecule has 0 aliphatic carbocycles. The summed E-state index contributed by atoms with van der Waals surface area (Å²) in [6.45, 7) is 0.253. The number of ether oxygens (including phenoxy) is 1. The molecule has 2 heterocycles. The van der Waals surface area contributed by atoms with E-state index in [1.807, 2.05) is 12.1 Å². The molecule has 10 heteroatoms. The molecule has 0 saturated carbocycles. The number of fused-ring (bicyclic) bond motifs is 1. The van der Waals surface area contributed by atoms with Crippen molar-refractivity contribution in [2.75, 3.05) is 19.1 Å². The first-order chi connectivity index (χ1) is 15.3. The van der Waals surface area contributed by atoms with Crippen LogP contribution in [0.2, 0.25) is 0 Å². The van der Waals surface area contributed by atoms with Crippen molar-refractivity contribution < 1.29 is 18.1 Å². The molecular formula is C22H20N4O5S. The summed E-state index contributed by atoms with van der Waals surface area (Å²) >= 11 is 0. The van der Waals surface area contributed by atoms with Crippen LogP contribution in [-0.2, 0) is 16.6 Å². The summed E-state index contributed by atoms with van der Waals surface area (Å²) in [5.74, 6) is 0.382. The van der Waals surface area contributed by atoms with E-state index in [0.29, 0.717) is 22.5 Å². The van der Waals surface area contributed by atoms with Crippen molar-refractivity contribution >= 4 is 32.3 Å². The van der Waals surface area contributed by atoms with Gasteiger partial charge in [0.25, 0.3) is 15.7 Å². The lowest BCUT2D eigenvalue weighted by Gasteiger charge is -2.19. The number of hydrogen-bond donors (Lipinski definition) is 0. The molecule has 0 fully saturated rings. The summed E-state index contributed by atoms with van der Waals surface area (Å²) in [5.41, 5.74) is 1.52. The Morgan fingerprint density at radius 1 is 1.16 bits per heavy atom. The van der Waals surface area contributed by atoms with Crippen LogP contribution in [-0.4, -0.2) is 36.5 Å². The Morgan fingerprint density at radius 3 is 2.62 bits per heavy atom. The van der Waals surface area contributed by atoms with E-state index < -0.39 is 14.9 Å². The lowest BCUT2D eigenvalue weighted by atomic mass is 10.1. The largest absolute Gasteiger partial charge is 0.496 e. The number of rotatable bonds is 7. The van der Waals surface area contributed by atoms with Crippen LogP contribution in [0, 0.1) is 10.1 Å². The third-order valence-electron chi connectivity index (χ3n) is 5.15. The SMILES string of the molecule is COc1ccc(N(C)Cc2cn(S(=O)(=O)c3cccnc3)c3ccccc23)c([N+](=O)[O-])c1. The predicted molar refractivity (Wildman–Crippen MR) is 121 cm³/mol. The molecule has 2 aromatic carbocycles. The molecule has 0 amide bonds. The molecule has 32 heavy (non-hydrogen) atoms. The smallest absolute Gasteiger partial charge is 0.296 e. The third kappa shape index (κ3) is 3.76. The van der Waals surface area contributed by atoms with E-state index in [1.165, 1.54) is 35.6 Å². The third-order valence-corrected chi connectivity index (χ3v) is 6.81. The van der Waals surface area contributed by atoms with Gasteiger partial charge in [-0.05, 0) is 35.9 Å².